The average molecular weight is 286 g/mol. The zero-order chi connectivity index (χ0) is 15.7. The molecule has 20 heavy (non-hydrogen) atoms. The molecule has 2 amide bonds. The first kappa shape index (κ1) is 16.8. The smallest absolute Gasteiger partial charge is 0.408 e. The molecule has 0 aromatic heterocycles. The molecule has 0 heterocycles. The van der Waals surface area contributed by atoms with Crippen molar-refractivity contribution in [2.24, 2.45) is 5.92 Å². The summed E-state index contributed by atoms with van der Waals surface area (Å²) in [6, 6.07) is -0.532. The predicted octanol–water partition coefficient (Wildman–Crippen LogP) is 1.38. The lowest BCUT2D eigenvalue weighted by molar-refractivity contribution is -0.136. The lowest BCUT2D eigenvalue weighted by Gasteiger charge is -2.45. The van der Waals surface area contributed by atoms with Gasteiger partial charge in [0, 0.05) is 25.6 Å². The topological polar surface area (TPSA) is 81.1 Å². The molecule has 0 spiro atoms. The fourth-order valence-corrected chi connectivity index (χ4v) is 2.92. The van der Waals surface area contributed by atoms with Gasteiger partial charge < -0.3 is 15.1 Å². The summed E-state index contributed by atoms with van der Waals surface area (Å²) < 4.78 is 0. The van der Waals surface area contributed by atoms with Crippen LogP contribution in [0.5, 0.6) is 0 Å². The highest BCUT2D eigenvalue weighted by atomic mass is 16.4. The van der Waals surface area contributed by atoms with Crippen LogP contribution in [0.15, 0.2) is 0 Å². The monoisotopic (exact) mass is 286 g/mol. The van der Waals surface area contributed by atoms with Crippen LogP contribution in [0, 0.1) is 5.92 Å². The number of hydrogen-bond acceptors (Lipinski definition) is 3. The minimum absolute atomic E-state index is 0.00106. The van der Waals surface area contributed by atoms with Gasteiger partial charge in [-0.25, -0.2) is 4.79 Å². The zero-order valence-corrected chi connectivity index (χ0v) is 13.0. The van der Waals surface area contributed by atoms with Gasteiger partial charge in [-0.2, -0.15) is 0 Å². The second-order valence-electron chi connectivity index (χ2n) is 6.70. The van der Waals surface area contributed by atoms with Gasteiger partial charge in [-0.1, -0.05) is 0 Å². The molecule has 0 bridgehead atoms. The standard InChI is InChI=1S/C14H26N2O4/c1-14(2,3)16(13(19)20)10-8-9(6-7-11(10)17)12(18)15(4)5/h9-11,17H,6-8H2,1-5H3,(H,19,20)/t9-,10+,11+/m0/s1. The maximum atomic E-state index is 12.1. The van der Waals surface area contributed by atoms with E-state index in [2.05, 4.69) is 0 Å². The lowest BCUT2D eigenvalue weighted by atomic mass is 9.81. The van der Waals surface area contributed by atoms with Crippen LogP contribution in [-0.4, -0.2) is 63.8 Å². The lowest BCUT2D eigenvalue weighted by Crippen LogP contribution is -2.58. The van der Waals surface area contributed by atoms with E-state index in [1.165, 1.54) is 9.80 Å². The molecule has 1 saturated carbocycles. The molecule has 0 radical (unpaired) electrons. The summed E-state index contributed by atoms with van der Waals surface area (Å²) in [4.78, 5) is 26.4. The van der Waals surface area contributed by atoms with Gasteiger partial charge in [0.15, 0.2) is 0 Å². The molecule has 1 fully saturated rings. The van der Waals surface area contributed by atoms with Crippen LogP contribution in [0.25, 0.3) is 0 Å². The number of carbonyl (C=O) groups is 2. The molecule has 2 N–H and O–H groups in total. The molecule has 1 aliphatic rings. The van der Waals surface area contributed by atoms with Crippen LogP contribution in [0.2, 0.25) is 0 Å². The summed E-state index contributed by atoms with van der Waals surface area (Å²) in [5.41, 5.74) is -0.611. The van der Waals surface area contributed by atoms with Gasteiger partial charge in [-0.05, 0) is 40.0 Å². The van der Waals surface area contributed by atoms with E-state index in [0.717, 1.165) is 0 Å². The van der Waals surface area contributed by atoms with Crippen molar-refractivity contribution in [3.05, 3.63) is 0 Å². The van der Waals surface area contributed by atoms with Crippen LogP contribution in [0.3, 0.4) is 0 Å². The summed E-state index contributed by atoms with van der Waals surface area (Å²) in [6.45, 7) is 5.39. The van der Waals surface area contributed by atoms with E-state index in [-0.39, 0.29) is 11.8 Å². The Balaban J connectivity index is 2.96. The normalized spacial score (nSPS) is 27.0. The summed E-state index contributed by atoms with van der Waals surface area (Å²) in [5, 5.41) is 19.6. The fraction of sp³-hybridized carbons (Fsp3) is 0.857. The number of aliphatic hydroxyl groups excluding tert-OH is 1. The van der Waals surface area contributed by atoms with E-state index < -0.39 is 23.8 Å². The predicted molar refractivity (Wildman–Crippen MR) is 75.4 cm³/mol. The second kappa shape index (κ2) is 5.99. The van der Waals surface area contributed by atoms with Crippen molar-refractivity contribution in [3.8, 4) is 0 Å². The number of carboxylic acid groups (broad SMARTS) is 1. The van der Waals surface area contributed by atoms with Gasteiger partial charge >= 0.3 is 6.09 Å². The van der Waals surface area contributed by atoms with E-state index in [1.54, 1.807) is 34.9 Å². The number of rotatable bonds is 2. The second-order valence-corrected chi connectivity index (χ2v) is 6.70. The Labute approximate surface area is 120 Å². The largest absolute Gasteiger partial charge is 0.465 e. The quantitative estimate of drug-likeness (QED) is 0.803. The molecule has 1 rings (SSSR count). The van der Waals surface area contributed by atoms with Crippen LogP contribution < -0.4 is 0 Å². The molecule has 3 atom stereocenters. The van der Waals surface area contributed by atoms with Gasteiger partial charge in [0.2, 0.25) is 5.91 Å². The Kier molecular flexibility index (Phi) is 5.02. The molecular formula is C14H26N2O4. The minimum Gasteiger partial charge on any atom is -0.465 e. The summed E-state index contributed by atoms with van der Waals surface area (Å²) in [5.74, 6) is -0.219. The summed E-state index contributed by atoms with van der Waals surface area (Å²) in [7, 11) is 3.39. The highest BCUT2D eigenvalue weighted by Gasteiger charge is 2.42. The SMILES string of the molecule is CN(C)C(=O)[C@H]1CC[C@@H](O)[C@H](N(C(=O)O)C(C)(C)C)C1. The molecule has 1 aliphatic carbocycles. The summed E-state index contributed by atoms with van der Waals surface area (Å²) >= 11 is 0. The Morgan fingerprint density at radius 3 is 2.10 bits per heavy atom. The average Bonchev–Trinajstić information content (AvgIpc) is 2.28. The Morgan fingerprint density at radius 2 is 1.70 bits per heavy atom. The van der Waals surface area contributed by atoms with E-state index in [0.29, 0.717) is 19.3 Å². The van der Waals surface area contributed by atoms with Gasteiger partial charge in [0.1, 0.15) is 0 Å². The van der Waals surface area contributed by atoms with Gasteiger partial charge in [0.25, 0.3) is 0 Å². The first-order valence-electron chi connectivity index (χ1n) is 6.97. The minimum atomic E-state index is -1.06. The van der Waals surface area contributed by atoms with E-state index >= 15 is 0 Å². The Morgan fingerprint density at radius 1 is 1.15 bits per heavy atom. The fourth-order valence-electron chi connectivity index (χ4n) is 2.92. The first-order valence-corrected chi connectivity index (χ1v) is 6.97. The number of hydrogen-bond donors (Lipinski definition) is 2. The maximum Gasteiger partial charge on any atom is 0.408 e. The van der Waals surface area contributed by atoms with Gasteiger partial charge in [-0.15, -0.1) is 0 Å². The van der Waals surface area contributed by atoms with Crippen molar-refractivity contribution in [2.75, 3.05) is 14.1 Å². The number of amides is 2. The molecule has 6 nitrogen and oxygen atoms in total. The molecule has 6 heteroatoms. The Hall–Kier alpha value is -1.30. The van der Waals surface area contributed by atoms with Crippen molar-refractivity contribution in [1.29, 1.82) is 0 Å². The van der Waals surface area contributed by atoms with E-state index in [1.807, 2.05) is 0 Å². The van der Waals surface area contributed by atoms with Gasteiger partial charge in [-0.3, -0.25) is 9.69 Å². The zero-order valence-electron chi connectivity index (χ0n) is 13.0. The third-order valence-electron chi connectivity index (χ3n) is 3.83. The molecule has 0 saturated heterocycles. The number of carbonyl (C=O) groups excluding carboxylic acids is 1. The highest BCUT2D eigenvalue weighted by molar-refractivity contribution is 5.78. The van der Waals surface area contributed by atoms with Crippen molar-refractivity contribution < 1.29 is 19.8 Å². The maximum absolute atomic E-state index is 12.1. The molecule has 116 valence electrons. The first-order chi connectivity index (χ1) is 9.05. The summed E-state index contributed by atoms with van der Waals surface area (Å²) in [6.07, 6.45) is -0.334. The van der Waals surface area contributed by atoms with Crippen LogP contribution in [0.4, 0.5) is 4.79 Å². The van der Waals surface area contributed by atoms with Crippen LogP contribution in [0.1, 0.15) is 40.0 Å². The van der Waals surface area contributed by atoms with Crippen molar-refractivity contribution in [2.45, 2.75) is 57.7 Å². The van der Waals surface area contributed by atoms with E-state index in [4.69, 9.17) is 0 Å². The molecule has 0 aromatic rings. The van der Waals surface area contributed by atoms with E-state index in [9.17, 15) is 19.8 Å². The third-order valence-corrected chi connectivity index (χ3v) is 3.83. The molecule has 0 unspecified atom stereocenters. The number of nitrogens with zero attached hydrogens (tertiary/aromatic N) is 2. The van der Waals surface area contributed by atoms with Crippen molar-refractivity contribution >= 4 is 12.0 Å². The van der Waals surface area contributed by atoms with Crippen molar-refractivity contribution in [1.82, 2.24) is 9.80 Å². The third kappa shape index (κ3) is 3.62. The Bertz CT molecular complexity index is 376. The van der Waals surface area contributed by atoms with Crippen molar-refractivity contribution in [3.63, 3.8) is 0 Å². The number of aliphatic hydroxyl groups is 1. The highest BCUT2D eigenvalue weighted by Crippen LogP contribution is 2.32. The van der Waals surface area contributed by atoms with Gasteiger partial charge in [0.05, 0.1) is 12.1 Å². The molecule has 0 aliphatic heterocycles. The van der Waals surface area contributed by atoms with Crippen LogP contribution >= 0.6 is 0 Å². The molecule has 0 aromatic carbocycles. The molecular weight excluding hydrogens is 260 g/mol. The van der Waals surface area contributed by atoms with Crippen LogP contribution in [-0.2, 0) is 4.79 Å².